The van der Waals surface area contributed by atoms with Gasteiger partial charge in [-0.05, 0) is 49.4 Å². The van der Waals surface area contributed by atoms with Crippen molar-refractivity contribution in [1.29, 1.82) is 0 Å². The molecule has 2 rings (SSSR count). The Hall–Kier alpha value is -1.26. The Morgan fingerprint density at radius 1 is 1.55 bits per heavy atom. The van der Waals surface area contributed by atoms with Crippen molar-refractivity contribution in [2.45, 2.75) is 32.3 Å². The molecule has 1 N–H and O–H groups in total. The molecule has 1 atom stereocenters. The highest BCUT2D eigenvalue weighted by molar-refractivity contribution is 6.32. The van der Waals surface area contributed by atoms with Gasteiger partial charge in [-0.25, -0.2) is 0 Å². The average molecular weight is 298 g/mol. The van der Waals surface area contributed by atoms with E-state index in [0.717, 1.165) is 30.4 Å². The molecule has 20 heavy (non-hydrogen) atoms. The maximum Gasteiger partial charge on any atom is 0.249 e. The molecule has 1 aromatic rings. The molecular formula is C15H20ClNO3. The number of rotatable bonds is 5. The monoisotopic (exact) mass is 297 g/mol. The lowest BCUT2D eigenvalue weighted by molar-refractivity contribution is -0.129. The Kier molecular flexibility index (Phi) is 5.26. The van der Waals surface area contributed by atoms with Crippen LogP contribution in [0.4, 0.5) is 0 Å². The third-order valence-electron chi connectivity index (χ3n) is 3.53. The van der Waals surface area contributed by atoms with Crippen LogP contribution >= 0.6 is 11.6 Å². The van der Waals surface area contributed by atoms with E-state index in [1.165, 1.54) is 0 Å². The van der Waals surface area contributed by atoms with Gasteiger partial charge in [-0.1, -0.05) is 11.6 Å². The molecule has 0 radical (unpaired) electrons. The molecule has 1 aromatic carbocycles. The first-order chi connectivity index (χ1) is 9.61. The molecule has 0 aliphatic carbocycles. The zero-order chi connectivity index (χ0) is 14.5. The Labute approximate surface area is 124 Å². The fourth-order valence-electron chi connectivity index (χ4n) is 2.34. The molecule has 1 amide bonds. The van der Waals surface area contributed by atoms with Gasteiger partial charge in [0.1, 0.15) is 11.9 Å². The second-order valence-electron chi connectivity index (χ2n) is 4.96. The van der Waals surface area contributed by atoms with Crippen LogP contribution in [0.15, 0.2) is 12.1 Å². The lowest BCUT2D eigenvalue weighted by Crippen LogP contribution is -2.35. The average Bonchev–Trinajstić information content (AvgIpc) is 2.96. The molecule has 0 spiro atoms. The molecule has 1 unspecified atom stereocenters. The number of ether oxygens (including phenoxy) is 2. The van der Waals surface area contributed by atoms with Gasteiger partial charge in [-0.3, -0.25) is 4.79 Å². The summed E-state index contributed by atoms with van der Waals surface area (Å²) in [5, 5.41) is 3.51. The predicted molar refractivity (Wildman–Crippen MR) is 78.4 cm³/mol. The smallest absolute Gasteiger partial charge is 0.249 e. The van der Waals surface area contributed by atoms with Gasteiger partial charge in [-0.2, -0.15) is 0 Å². The van der Waals surface area contributed by atoms with Crippen LogP contribution in [-0.4, -0.2) is 32.3 Å². The first-order valence-electron chi connectivity index (χ1n) is 6.84. The first-order valence-corrected chi connectivity index (χ1v) is 7.22. The third kappa shape index (κ3) is 3.64. The van der Waals surface area contributed by atoms with Gasteiger partial charge in [0.15, 0.2) is 0 Å². The molecule has 1 fully saturated rings. The molecule has 1 aliphatic rings. The van der Waals surface area contributed by atoms with Crippen LogP contribution in [0.5, 0.6) is 5.75 Å². The van der Waals surface area contributed by atoms with E-state index >= 15 is 0 Å². The first kappa shape index (κ1) is 15.1. The minimum Gasteiger partial charge on any atom is -0.495 e. The Morgan fingerprint density at radius 2 is 2.35 bits per heavy atom. The van der Waals surface area contributed by atoms with Crippen LogP contribution in [0.3, 0.4) is 0 Å². The Morgan fingerprint density at radius 3 is 3.00 bits per heavy atom. The van der Waals surface area contributed by atoms with Crippen molar-refractivity contribution in [2.24, 2.45) is 0 Å². The normalized spacial score (nSPS) is 18.1. The van der Waals surface area contributed by atoms with Crippen LogP contribution in [0.1, 0.15) is 24.0 Å². The highest BCUT2D eigenvalue weighted by Gasteiger charge is 2.22. The Balaban J connectivity index is 1.87. The van der Waals surface area contributed by atoms with E-state index in [4.69, 9.17) is 21.1 Å². The fourth-order valence-corrected chi connectivity index (χ4v) is 2.60. The van der Waals surface area contributed by atoms with Crippen molar-refractivity contribution in [3.8, 4) is 5.75 Å². The van der Waals surface area contributed by atoms with E-state index < -0.39 is 0 Å². The quantitative estimate of drug-likeness (QED) is 0.908. The largest absolute Gasteiger partial charge is 0.495 e. The second kappa shape index (κ2) is 6.95. The number of carbonyl (C=O) groups excluding carboxylic acids is 1. The molecule has 1 aliphatic heterocycles. The summed E-state index contributed by atoms with van der Waals surface area (Å²) in [4.78, 5) is 11.8. The molecule has 4 nitrogen and oxygen atoms in total. The van der Waals surface area contributed by atoms with E-state index in [9.17, 15) is 4.79 Å². The summed E-state index contributed by atoms with van der Waals surface area (Å²) < 4.78 is 10.5. The van der Waals surface area contributed by atoms with Crippen LogP contribution in [0, 0.1) is 6.92 Å². The molecule has 1 heterocycles. The number of aryl methyl sites for hydroxylation is 1. The highest BCUT2D eigenvalue weighted by Crippen LogP contribution is 2.27. The molecule has 5 heteroatoms. The number of halogens is 1. The number of amides is 1. The molecule has 0 saturated carbocycles. The third-order valence-corrected chi connectivity index (χ3v) is 3.82. The van der Waals surface area contributed by atoms with E-state index in [-0.39, 0.29) is 12.0 Å². The minimum absolute atomic E-state index is 0.0141. The van der Waals surface area contributed by atoms with Crippen molar-refractivity contribution in [3.63, 3.8) is 0 Å². The lowest BCUT2D eigenvalue weighted by Gasteiger charge is -2.12. The number of hydrogen-bond acceptors (Lipinski definition) is 3. The van der Waals surface area contributed by atoms with Crippen molar-refractivity contribution in [2.75, 3.05) is 20.3 Å². The summed E-state index contributed by atoms with van der Waals surface area (Å²) in [7, 11) is 1.60. The van der Waals surface area contributed by atoms with Crippen LogP contribution < -0.4 is 10.1 Å². The topological polar surface area (TPSA) is 47.6 Å². The summed E-state index contributed by atoms with van der Waals surface area (Å²) in [5.41, 5.74) is 2.22. The van der Waals surface area contributed by atoms with Crippen LogP contribution in [-0.2, 0) is 16.0 Å². The fraction of sp³-hybridized carbons (Fsp3) is 0.533. The zero-order valence-corrected chi connectivity index (χ0v) is 12.6. The summed E-state index contributed by atoms with van der Waals surface area (Å²) >= 11 is 6.11. The van der Waals surface area contributed by atoms with Gasteiger partial charge in [0.2, 0.25) is 5.91 Å². The molecular weight excluding hydrogens is 278 g/mol. The number of benzene rings is 1. The molecule has 1 saturated heterocycles. The van der Waals surface area contributed by atoms with Gasteiger partial charge in [0.05, 0.1) is 12.1 Å². The maximum atomic E-state index is 11.8. The van der Waals surface area contributed by atoms with Gasteiger partial charge in [0, 0.05) is 13.2 Å². The van der Waals surface area contributed by atoms with Crippen molar-refractivity contribution in [3.05, 3.63) is 28.3 Å². The zero-order valence-electron chi connectivity index (χ0n) is 11.9. The van der Waals surface area contributed by atoms with Crippen LogP contribution in [0.2, 0.25) is 5.02 Å². The van der Waals surface area contributed by atoms with Gasteiger partial charge >= 0.3 is 0 Å². The van der Waals surface area contributed by atoms with Gasteiger partial charge in [0.25, 0.3) is 0 Å². The van der Waals surface area contributed by atoms with E-state index in [2.05, 4.69) is 5.32 Å². The summed E-state index contributed by atoms with van der Waals surface area (Å²) in [6.45, 7) is 3.28. The van der Waals surface area contributed by atoms with Gasteiger partial charge < -0.3 is 14.8 Å². The summed E-state index contributed by atoms with van der Waals surface area (Å²) in [5.74, 6) is 0.663. The van der Waals surface area contributed by atoms with E-state index in [1.807, 2.05) is 19.1 Å². The maximum absolute atomic E-state index is 11.8. The van der Waals surface area contributed by atoms with E-state index in [1.54, 1.807) is 7.11 Å². The van der Waals surface area contributed by atoms with Gasteiger partial charge in [-0.15, -0.1) is 0 Å². The van der Waals surface area contributed by atoms with Crippen molar-refractivity contribution in [1.82, 2.24) is 5.32 Å². The van der Waals surface area contributed by atoms with E-state index in [0.29, 0.717) is 23.9 Å². The Bertz CT molecular complexity index is 484. The molecule has 0 bridgehead atoms. The minimum atomic E-state index is -0.268. The number of hydrogen-bond donors (Lipinski definition) is 1. The van der Waals surface area contributed by atoms with Crippen molar-refractivity contribution < 1.29 is 14.3 Å². The number of carbonyl (C=O) groups is 1. The number of methoxy groups -OCH3 is 1. The summed E-state index contributed by atoms with van der Waals surface area (Å²) in [6, 6.07) is 3.81. The highest BCUT2D eigenvalue weighted by atomic mass is 35.5. The van der Waals surface area contributed by atoms with Crippen molar-refractivity contribution >= 4 is 17.5 Å². The van der Waals surface area contributed by atoms with Crippen LogP contribution in [0.25, 0.3) is 0 Å². The SMILES string of the molecule is COc1cc(C)c(CCNC(=O)C2CCCO2)cc1Cl. The molecule has 0 aromatic heterocycles. The standard InChI is InChI=1S/C15H20ClNO3/c1-10-8-14(19-2)12(16)9-11(10)5-6-17-15(18)13-4-3-7-20-13/h8-9,13H,3-7H2,1-2H3,(H,17,18). The number of nitrogens with one attached hydrogen (secondary N) is 1. The molecule has 110 valence electrons. The predicted octanol–water partition coefficient (Wildman–Crippen LogP) is 2.49. The summed E-state index contributed by atoms with van der Waals surface area (Å²) in [6.07, 6.45) is 2.26. The second-order valence-corrected chi connectivity index (χ2v) is 5.36. The lowest BCUT2D eigenvalue weighted by atomic mass is 10.1.